The SMILES string of the molecule is CCC1C(=O)NC(C)(CC)C(=O)N1Cc1cnn(CC)c1. The molecule has 0 aliphatic carbocycles. The largest absolute Gasteiger partial charge is 0.340 e. The minimum atomic E-state index is -0.802. The molecule has 1 aliphatic heterocycles. The fourth-order valence-corrected chi connectivity index (χ4v) is 2.69. The lowest BCUT2D eigenvalue weighted by Gasteiger charge is -2.43. The number of aromatic nitrogens is 2. The van der Waals surface area contributed by atoms with Crippen LogP contribution in [-0.4, -0.2) is 38.1 Å². The Balaban J connectivity index is 2.27. The van der Waals surface area contributed by atoms with Crippen molar-refractivity contribution in [3.05, 3.63) is 18.0 Å². The summed E-state index contributed by atoms with van der Waals surface area (Å²) < 4.78 is 1.82. The molecule has 1 aromatic heterocycles. The first-order valence-electron chi connectivity index (χ1n) is 7.59. The maximum absolute atomic E-state index is 12.8. The first-order valence-corrected chi connectivity index (χ1v) is 7.59. The molecular weight excluding hydrogens is 268 g/mol. The van der Waals surface area contributed by atoms with Crippen LogP contribution in [0.3, 0.4) is 0 Å². The Labute approximate surface area is 125 Å². The van der Waals surface area contributed by atoms with E-state index in [0.717, 1.165) is 12.1 Å². The summed E-state index contributed by atoms with van der Waals surface area (Å²) in [6.45, 7) is 8.87. The topological polar surface area (TPSA) is 67.2 Å². The average Bonchev–Trinajstić information content (AvgIpc) is 2.92. The minimum Gasteiger partial charge on any atom is -0.340 e. The third kappa shape index (κ3) is 2.80. The molecule has 2 heterocycles. The molecule has 2 unspecified atom stereocenters. The molecule has 0 aromatic carbocycles. The highest BCUT2D eigenvalue weighted by atomic mass is 16.2. The van der Waals surface area contributed by atoms with Crippen LogP contribution in [0, 0.1) is 0 Å². The maximum Gasteiger partial charge on any atom is 0.249 e. The lowest BCUT2D eigenvalue weighted by Crippen LogP contribution is -2.68. The predicted molar refractivity (Wildman–Crippen MR) is 79.4 cm³/mol. The van der Waals surface area contributed by atoms with Crippen LogP contribution in [0.2, 0.25) is 0 Å². The van der Waals surface area contributed by atoms with Gasteiger partial charge in [-0.1, -0.05) is 13.8 Å². The van der Waals surface area contributed by atoms with Crippen LogP contribution in [-0.2, 0) is 22.7 Å². The molecule has 1 aromatic rings. The number of hydrogen-bond donors (Lipinski definition) is 1. The lowest BCUT2D eigenvalue weighted by molar-refractivity contribution is -0.155. The molecule has 0 spiro atoms. The van der Waals surface area contributed by atoms with Crippen molar-refractivity contribution in [3.8, 4) is 0 Å². The van der Waals surface area contributed by atoms with Crippen molar-refractivity contribution < 1.29 is 9.59 Å². The molecule has 0 bridgehead atoms. The quantitative estimate of drug-likeness (QED) is 0.889. The van der Waals surface area contributed by atoms with Crippen molar-refractivity contribution in [2.45, 2.75) is 65.2 Å². The van der Waals surface area contributed by atoms with Crippen LogP contribution in [0.15, 0.2) is 12.4 Å². The van der Waals surface area contributed by atoms with Crippen molar-refractivity contribution in [1.82, 2.24) is 20.0 Å². The molecule has 6 nitrogen and oxygen atoms in total. The van der Waals surface area contributed by atoms with Gasteiger partial charge in [-0.3, -0.25) is 14.3 Å². The van der Waals surface area contributed by atoms with Crippen molar-refractivity contribution in [1.29, 1.82) is 0 Å². The zero-order chi connectivity index (χ0) is 15.6. The second-order valence-electron chi connectivity index (χ2n) is 5.74. The molecule has 1 N–H and O–H groups in total. The molecule has 1 aliphatic rings. The summed E-state index contributed by atoms with van der Waals surface area (Å²) in [7, 11) is 0. The highest BCUT2D eigenvalue weighted by Gasteiger charge is 2.46. The van der Waals surface area contributed by atoms with Crippen LogP contribution in [0.5, 0.6) is 0 Å². The summed E-state index contributed by atoms with van der Waals surface area (Å²) in [6, 6.07) is -0.401. The fraction of sp³-hybridized carbons (Fsp3) is 0.667. The normalized spacial score (nSPS) is 26.1. The second kappa shape index (κ2) is 5.87. The summed E-state index contributed by atoms with van der Waals surface area (Å²) in [5.74, 6) is -0.0787. The van der Waals surface area contributed by atoms with Crippen LogP contribution in [0.25, 0.3) is 0 Å². The number of rotatable bonds is 5. The molecular formula is C15H24N4O2. The summed E-state index contributed by atoms with van der Waals surface area (Å²) in [4.78, 5) is 26.7. The third-order valence-electron chi connectivity index (χ3n) is 4.27. The van der Waals surface area contributed by atoms with Gasteiger partial charge >= 0.3 is 0 Å². The molecule has 6 heteroatoms. The number of piperazine rings is 1. The zero-order valence-electron chi connectivity index (χ0n) is 13.2. The number of amides is 2. The van der Waals surface area contributed by atoms with E-state index in [2.05, 4.69) is 10.4 Å². The van der Waals surface area contributed by atoms with E-state index in [1.807, 2.05) is 31.6 Å². The summed E-state index contributed by atoms with van der Waals surface area (Å²) in [6.07, 6.45) is 4.88. The Kier molecular flexibility index (Phi) is 4.34. The molecule has 1 saturated heterocycles. The van der Waals surface area contributed by atoms with Crippen LogP contribution in [0.1, 0.15) is 46.1 Å². The lowest BCUT2D eigenvalue weighted by atomic mass is 9.91. The summed E-state index contributed by atoms with van der Waals surface area (Å²) in [5, 5.41) is 7.10. The van der Waals surface area contributed by atoms with E-state index < -0.39 is 11.6 Å². The standard InChI is InChI=1S/C15H24N4O2/c1-5-12-13(20)17-15(4,6-2)14(21)19(12)10-11-8-16-18(7-3)9-11/h8-9,12H,5-7,10H2,1-4H3,(H,17,20). The predicted octanol–water partition coefficient (Wildman–Crippen LogP) is 1.31. The monoisotopic (exact) mass is 292 g/mol. The van der Waals surface area contributed by atoms with Crippen molar-refractivity contribution >= 4 is 11.8 Å². The van der Waals surface area contributed by atoms with Gasteiger partial charge in [-0.2, -0.15) is 5.10 Å². The van der Waals surface area contributed by atoms with Gasteiger partial charge in [-0.25, -0.2) is 0 Å². The number of carbonyl (C=O) groups excluding carboxylic acids is 2. The van der Waals surface area contributed by atoms with E-state index in [-0.39, 0.29) is 11.8 Å². The Morgan fingerprint density at radius 3 is 2.57 bits per heavy atom. The van der Waals surface area contributed by atoms with Gasteiger partial charge in [0.15, 0.2) is 0 Å². The molecule has 0 radical (unpaired) electrons. The first kappa shape index (κ1) is 15.5. The van der Waals surface area contributed by atoms with E-state index in [0.29, 0.717) is 19.4 Å². The van der Waals surface area contributed by atoms with Gasteiger partial charge in [0.25, 0.3) is 0 Å². The first-order chi connectivity index (χ1) is 9.95. The highest BCUT2D eigenvalue weighted by Crippen LogP contribution is 2.24. The number of hydrogen-bond acceptors (Lipinski definition) is 3. The van der Waals surface area contributed by atoms with E-state index in [9.17, 15) is 9.59 Å². The Morgan fingerprint density at radius 2 is 2.05 bits per heavy atom. The van der Waals surface area contributed by atoms with Gasteiger partial charge < -0.3 is 10.2 Å². The maximum atomic E-state index is 12.8. The van der Waals surface area contributed by atoms with Crippen LogP contribution < -0.4 is 5.32 Å². The molecule has 0 saturated carbocycles. The van der Waals surface area contributed by atoms with Crippen LogP contribution >= 0.6 is 0 Å². The number of aryl methyl sites for hydroxylation is 1. The Hall–Kier alpha value is -1.85. The van der Waals surface area contributed by atoms with Crippen molar-refractivity contribution in [2.75, 3.05) is 0 Å². The Bertz CT molecular complexity index is 540. The molecule has 2 atom stereocenters. The minimum absolute atomic E-state index is 0.0132. The summed E-state index contributed by atoms with van der Waals surface area (Å²) in [5.41, 5.74) is 0.153. The number of nitrogens with zero attached hydrogens (tertiary/aromatic N) is 3. The second-order valence-corrected chi connectivity index (χ2v) is 5.74. The Morgan fingerprint density at radius 1 is 1.33 bits per heavy atom. The van der Waals surface area contributed by atoms with Crippen molar-refractivity contribution in [2.24, 2.45) is 0 Å². The van der Waals surface area contributed by atoms with Crippen LogP contribution in [0.4, 0.5) is 0 Å². The van der Waals surface area contributed by atoms with E-state index >= 15 is 0 Å². The smallest absolute Gasteiger partial charge is 0.249 e. The van der Waals surface area contributed by atoms with E-state index in [4.69, 9.17) is 0 Å². The zero-order valence-corrected chi connectivity index (χ0v) is 13.2. The van der Waals surface area contributed by atoms with Gasteiger partial charge in [0.2, 0.25) is 11.8 Å². The van der Waals surface area contributed by atoms with Gasteiger partial charge in [-0.05, 0) is 26.7 Å². The molecule has 1 fully saturated rings. The van der Waals surface area contributed by atoms with E-state index in [1.54, 1.807) is 18.0 Å². The van der Waals surface area contributed by atoms with Gasteiger partial charge in [0, 0.05) is 24.8 Å². The van der Waals surface area contributed by atoms with Gasteiger partial charge in [0.05, 0.1) is 6.20 Å². The number of nitrogens with one attached hydrogen (secondary N) is 1. The van der Waals surface area contributed by atoms with E-state index in [1.165, 1.54) is 0 Å². The molecule has 116 valence electrons. The average molecular weight is 292 g/mol. The van der Waals surface area contributed by atoms with Gasteiger partial charge in [-0.15, -0.1) is 0 Å². The summed E-state index contributed by atoms with van der Waals surface area (Å²) >= 11 is 0. The van der Waals surface area contributed by atoms with Gasteiger partial charge in [0.1, 0.15) is 11.6 Å². The van der Waals surface area contributed by atoms with Crippen molar-refractivity contribution in [3.63, 3.8) is 0 Å². The molecule has 21 heavy (non-hydrogen) atoms. The number of carbonyl (C=O) groups is 2. The fourth-order valence-electron chi connectivity index (χ4n) is 2.69. The molecule has 2 rings (SSSR count). The highest BCUT2D eigenvalue weighted by molar-refractivity contribution is 5.99. The molecule has 2 amide bonds. The third-order valence-corrected chi connectivity index (χ3v) is 4.27.